The Morgan fingerprint density at radius 1 is 1.10 bits per heavy atom. The van der Waals surface area contributed by atoms with Gasteiger partial charge >= 0.3 is 0 Å². The van der Waals surface area contributed by atoms with Gasteiger partial charge in [0.05, 0.1) is 11.2 Å². The molecule has 1 aliphatic carbocycles. The maximum Gasteiger partial charge on any atom is 0.287 e. The highest BCUT2D eigenvalue weighted by atomic mass is 35.5. The number of imidazole rings is 1. The highest BCUT2D eigenvalue weighted by Gasteiger charge is 2.24. The van der Waals surface area contributed by atoms with Crippen LogP contribution < -0.4 is 5.32 Å². The summed E-state index contributed by atoms with van der Waals surface area (Å²) >= 11 is 6.17. The van der Waals surface area contributed by atoms with Crippen LogP contribution >= 0.6 is 11.6 Å². The standard InChI is InChI=1S/C24H20ClN3O/c25-19-8-5-7-17(14-19)22-21-10-3-4-13-28(21)23(27-22)24(29)26-15-18-12-11-16-6-1-2-9-20(16)18/h1-10,13-14,18H,11-12,15H2,(H,26,29). The maximum absolute atomic E-state index is 13.0. The van der Waals surface area contributed by atoms with Crippen molar-refractivity contribution in [3.63, 3.8) is 0 Å². The molecule has 2 heterocycles. The summed E-state index contributed by atoms with van der Waals surface area (Å²) in [6.45, 7) is 0.615. The lowest BCUT2D eigenvalue weighted by Crippen LogP contribution is -2.29. The van der Waals surface area contributed by atoms with E-state index in [4.69, 9.17) is 11.6 Å². The number of pyridine rings is 1. The summed E-state index contributed by atoms with van der Waals surface area (Å²) in [6, 6.07) is 21.9. The van der Waals surface area contributed by atoms with Crippen LogP contribution in [-0.4, -0.2) is 21.8 Å². The fraction of sp³-hybridized carbons (Fsp3) is 0.167. The number of nitrogens with one attached hydrogen (secondary N) is 1. The number of halogens is 1. The zero-order chi connectivity index (χ0) is 19.8. The largest absolute Gasteiger partial charge is 0.349 e. The molecule has 0 radical (unpaired) electrons. The van der Waals surface area contributed by atoms with Crippen LogP contribution in [0.3, 0.4) is 0 Å². The van der Waals surface area contributed by atoms with Gasteiger partial charge in [0.1, 0.15) is 0 Å². The second kappa shape index (κ2) is 7.37. The van der Waals surface area contributed by atoms with Gasteiger partial charge < -0.3 is 5.32 Å². The van der Waals surface area contributed by atoms with Crippen molar-refractivity contribution in [1.82, 2.24) is 14.7 Å². The molecule has 0 aliphatic heterocycles. The molecular formula is C24H20ClN3O. The van der Waals surface area contributed by atoms with Crippen LogP contribution in [0.5, 0.6) is 0 Å². The van der Waals surface area contributed by atoms with Crippen molar-refractivity contribution in [2.24, 2.45) is 0 Å². The lowest BCUT2D eigenvalue weighted by atomic mass is 10.0. The summed E-state index contributed by atoms with van der Waals surface area (Å²) in [7, 11) is 0. The van der Waals surface area contributed by atoms with Gasteiger partial charge in [-0.25, -0.2) is 4.98 Å². The third kappa shape index (κ3) is 3.30. The van der Waals surface area contributed by atoms with Crippen LogP contribution in [0.2, 0.25) is 5.02 Å². The molecule has 5 heteroatoms. The predicted octanol–water partition coefficient (Wildman–Crippen LogP) is 5.11. The number of rotatable bonds is 4. The minimum absolute atomic E-state index is 0.163. The fourth-order valence-corrected chi connectivity index (χ4v) is 4.39. The Kier molecular flexibility index (Phi) is 4.57. The van der Waals surface area contributed by atoms with Crippen molar-refractivity contribution in [1.29, 1.82) is 0 Å². The van der Waals surface area contributed by atoms with E-state index in [1.54, 1.807) is 0 Å². The van der Waals surface area contributed by atoms with E-state index in [9.17, 15) is 4.79 Å². The van der Waals surface area contributed by atoms with Crippen LogP contribution in [0, 0.1) is 0 Å². The van der Waals surface area contributed by atoms with E-state index in [0.29, 0.717) is 23.3 Å². The number of aromatic nitrogens is 2. The molecule has 4 nitrogen and oxygen atoms in total. The first kappa shape index (κ1) is 18.0. The molecule has 2 aromatic heterocycles. The Morgan fingerprint density at radius 3 is 2.86 bits per heavy atom. The van der Waals surface area contributed by atoms with Crippen LogP contribution in [0.1, 0.15) is 34.1 Å². The van der Waals surface area contributed by atoms with Gasteiger partial charge in [-0.1, -0.05) is 54.1 Å². The number of amides is 1. The summed E-state index contributed by atoms with van der Waals surface area (Å²) < 4.78 is 1.84. The summed E-state index contributed by atoms with van der Waals surface area (Å²) in [5.74, 6) is 0.583. The normalized spacial score (nSPS) is 15.4. The molecule has 2 aromatic carbocycles. The molecule has 4 aromatic rings. The van der Waals surface area contributed by atoms with Crippen molar-refractivity contribution < 1.29 is 4.79 Å². The second-order valence-corrected chi connectivity index (χ2v) is 7.83. The van der Waals surface area contributed by atoms with Gasteiger partial charge in [-0.05, 0) is 48.2 Å². The monoisotopic (exact) mass is 401 g/mol. The van der Waals surface area contributed by atoms with E-state index in [-0.39, 0.29) is 5.91 Å². The highest BCUT2D eigenvalue weighted by molar-refractivity contribution is 6.30. The number of hydrogen-bond donors (Lipinski definition) is 1. The lowest BCUT2D eigenvalue weighted by molar-refractivity contribution is 0.0940. The SMILES string of the molecule is O=C(NCC1CCc2ccccc21)c1nc(-c2cccc(Cl)c2)c2ccccn12. The fourth-order valence-electron chi connectivity index (χ4n) is 4.20. The molecule has 29 heavy (non-hydrogen) atoms. The van der Waals surface area contributed by atoms with Crippen molar-refractivity contribution in [3.8, 4) is 11.3 Å². The molecular weight excluding hydrogens is 382 g/mol. The average molecular weight is 402 g/mol. The molecule has 1 amide bonds. The number of fused-ring (bicyclic) bond motifs is 2. The van der Waals surface area contributed by atoms with Crippen molar-refractivity contribution in [2.75, 3.05) is 6.54 Å². The average Bonchev–Trinajstić information content (AvgIpc) is 3.34. The van der Waals surface area contributed by atoms with E-state index >= 15 is 0 Å². The van der Waals surface area contributed by atoms with Gasteiger partial charge in [0.25, 0.3) is 5.91 Å². The quantitative estimate of drug-likeness (QED) is 0.516. The molecule has 5 rings (SSSR count). The van der Waals surface area contributed by atoms with Crippen molar-refractivity contribution >= 4 is 23.0 Å². The topological polar surface area (TPSA) is 46.4 Å². The van der Waals surface area contributed by atoms with E-state index < -0.39 is 0 Å². The molecule has 0 bridgehead atoms. The van der Waals surface area contributed by atoms with Crippen LogP contribution in [0.25, 0.3) is 16.8 Å². The third-order valence-electron chi connectivity index (χ3n) is 5.62. The Hall–Kier alpha value is -3.11. The number of nitrogens with zero attached hydrogens (tertiary/aromatic N) is 2. The van der Waals surface area contributed by atoms with Crippen LogP contribution in [0.4, 0.5) is 0 Å². The summed E-state index contributed by atoms with van der Waals surface area (Å²) in [4.78, 5) is 17.7. The number of carbonyl (C=O) groups excluding carboxylic acids is 1. The molecule has 0 spiro atoms. The van der Waals surface area contributed by atoms with Crippen LogP contribution in [0.15, 0.2) is 72.9 Å². The first-order chi connectivity index (χ1) is 14.2. The Morgan fingerprint density at radius 2 is 1.97 bits per heavy atom. The summed E-state index contributed by atoms with van der Waals surface area (Å²) in [5.41, 5.74) is 5.27. The zero-order valence-electron chi connectivity index (χ0n) is 15.8. The summed E-state index contributed by atoms with van der Waals surface area (Å²) in [6.07, 6.45) is 4.01. The lowest BCUT2D eigenvalue weighted by Gasteiger charge is -2.12. The number of hydrogen-bond acceptors (Lipinski definition) is 2. The number of aryl methyl sites for hydroxylation is 1. The van der Waals surface area contributed by atoms with Gasteiger partial charge in [0.15, 0.2) is 0 Å². The molecule has 1 N–H and O–H groups in total. The number of benzene rings is 2. The molecule has 0 saturated carbocycles. The molecule has 1 atom stereocenters. The Labute approximate surface area is 174 Å². The van der Waals surface area contributed by atoms with Gasteiger partial charge in [-0.2, -0.15) is 0 Å². The summed E-state index contributed by atoms with van der Waals surface area (Å²) in [5, 5.41) is 3.75. The van der Waals surface area contributed by atoms with E-state index in [2.05, 4.69) is 34.6 Å². The van der Waals surface area contributed by atoms with Crippen LogP contribution in [-0.2, 0) is 6.42 Å². The van der Waals surface area contributed by atoms with E-state index in [1.165, 1.54) is 11.1 Å². The van der Waals surface area contributed by atoms with E-state index in [1.807, 2.05) is 53.1 Å². The Bertz CT molecular complexity index is 1210. The Balaban J connectivity index is 1.44. The predicted molar refractivity (Wildman–Crippen MR) is 115 cm³/mol. The maximum atomic E-state index is 13.0. The smallest absolute Gasteiger partial charge is 0.287 e. The van der Waals surface area contributed by atoms with Gasteiger partial charge in [0.2, 0.25) is 5.82 Å². The zero-order valence-corrected chi connectivity index (χ0v) is 16.6. The van der Waals surface area contributed by atoms with Gasteiger partial charge in [-0.3, -0.25) is 9.20 Å². The molecule has 144 valence electrons. The minimum atomic E-state index is -0.163. The van der Waals surface area contributed by atoms with Crippen molar-refractivity contribution in [2.45, 2.75) is 18.8 Å². The van der Waals surface area contributed by atoms with Gasteiger partial charge in [0, 0.05) is 29.2 Å². The molecule has 0 saturated heterocycles. The first-order valence-electron chi connectivity index (χ1n) is 9.80. The first-order valence-corrected chi connectivity index (χ1v) is 10.2. The van der Waals surface area contributed by atoms with Gasteiger partial charge in [-0.15, -0.1) is 0 Å². The van der Waals surface area contributed by atoms with E-state index in [0.717, 1.165) is 29.6 Å². The molecule has 0 fully saturated rings. The minimum Gasteiger partial charge on any atom is -0.349 e. The second-order valence-electron chi connectivity index (χ2n) is 7.39. The third-order valence-corrected chi connectivity index (χ3v) is 5.85. The number of carbonyl (C=O) groups is 1. The molecule has 1 aliphatic rings. The highest BCUT2D eigenvalue weighted by Crippen LogP contribution is 2.32. The van der Waals surface area contributed by atoms with Crippen molar-refractivity contribution in [3.05, 3.63) is 94.9 Å². The molecule has 1 unspecified atom stereocenters.